The summed E-state index contributed by atoms with van der Waals surface area (Å²) in [6, 6.07) is 17.3. The fraction of sp³-hybridized carbons (Fsp3) is 0.200. The summed E-state index contributed by atoms with van der Waals surface area (Å²) in [7, 11) is 0. The first kappa shape index (κ1) is 16.2. The zero-order valence-electron chi connectivity index (χ0n) is 10.4. The zero-order chi connectivity index (χ0) is 13.0. The van der Waals surface area contributed by atoms with E-state index in [9.17, 15) is 5.11 Å². The number of hydrogen-bond acceptors (Lipinski definition) is 2. The molecule has 0 aliphatic rings. The number of benzene rings is 2. The second-order valence-electron chi connectivity index (χ2n) is 4.33. The van der Waals surface area contributed by atoms with Gasteiger partial charge in [-0.05, 0) is 23.3 Å². The Hall–Kier alpha value is -0.870. The first-order valence-electron chi connectivity index (χ1n) is 5.90. The Bertz CT molecular complexity index is 489. The van der Waals surface area contributed by atoms with Crippen molar-refractivity contribution in [2.45, 2.75) is 18.6 Å². The molecule has 102 valence electrons. The molecule has 0 radical (unpaired) electrons. The summed E-state index contributed by atoms with van der Waals surface area (Å²) in [6.07, 6.45) is -0.00786. The largest absolute Gasteiger partial charge is 0.391 e. The first-order chi connectivity index (χ1) is 8.66. The minimum absolute atomic E-state index is 0. The molecular weight excluding hydrogens is 326 g/mol. The van der Waals surface area contributed by atoms with E-state index in [1.54, 1.807) is 0 Å². The lowest BCUT2D eigenvalue weighted by Gasteiger charge is -2.19. The molecule has 0 aromatic heterocycles. The van der Waals surface area contributed by atoms with Crippen molar-refractivity contribution in [3.05, 3.63) is 70.2 Å². The van der Waals surface area contributed by atoms with E-state index in [2.05, 4.69) is 15.9 Å². The number of rotatable bonds is 4. The molecule has 0 saturated heterocycles. The van der Waals surface area contributed by atoms with Crippen LogP contribution in [0, 0.1) is 0 Å². The second-order valence-corrected chi connectivity index (χ2v) is 5.25. The normalized spacial score (nSPS) is 13.4. The maximum absolute atomic E-state index is 10.2. The van der Waals surface area contributed by atoms with Crippen LogP contribution in [0.5, 0.6) is 0 Å². The minimum atomic E-state index is -0.575. The molecule has 0 heterocycles. The topological polar surface area (TPSA) is 46.2 Å². The van der Waals surface area contributed by atoms with Gasteiger partial charge in [-0.2, -0.15) is 0 Å². The standard InChI is InChI=1S/C15H16BrNO.ClH/c16-13-8-6-12(7-9-13)15(17)14(18)10-11-4-2-1-3-5-11;/h1-9,14-15,18H,10,17H2;1H/t14-,15+;/m1./s1. The molecule has 2 atom stereocenters. The highest BCUT2D eigenvalue weighted by molar-refractivity contribution is 9.10. The fourth-order valence-electron chi connectivity index (χ4n) is 1.89. The van der Waals surface area contributed by atoms with Crippen LogP contribution in [-0.4, -0.2) is 11.2 Å². The van der Waals surface area contributed by atoms with Crippen molar-refractivity contribution in [2.75, 3.05) is 0 Å². The Kier molecular flexibility index (Phi) is 6.52. The molecule has 3 N–H and O–H groups in total. The third kappa shape index (κ3) is 4.62. The van der Waals surface area contributed by atoms with E-state index in [4.69, 9.17) is 5.73 Å². The molecule has 19 heavy (non-hydrogen) atoms. The quantitative estimate of drug-likeness (QED) is 0.893. The van der Waals surface area contributed by atoms with Gasteiger partial charge in [0.1, 0.15) is 0 Å². The fourth-order valence-corrected chi connectivity index (χ4v) is 2.15. The van der Waals surface area contributed by atoms with Gasteiger partial charge in [-0.25, -0.2) is 0 Å². The van der Waals surface area contributed by atoms with Gasteiger partial charge in [-0.15, -0.1) is 12.4 Å². The van der Waals surface area contributed by atoms with Crippen molar-refractivity contribution in [3.63, 3.8) is 0 Å². The van der Waals surface area contributed by atoms with E-state index in [1.165, 1.54) is 0 Å². The summed E-state index contributed by atoms with van der Waals surface area (Å²) >= 11 is 3.38. The molecule has 0 amide bonds. The van der Waals surface area contributed by atoms with Crippen LogP contribution >= 0.6 is 28.3 Å². The summed E-state index contributed by atoms with van der Waals surface area (Å²) in [4.78, 5) is 0. The summed E-state index contributed by atoms with van der Waals surface area (Å²) < 4.78 is 1.01. The first-order valence-corrected chi connectivity index (χ1v) is 6.69. The second kappa shape index (κ2) is 7.65. The van der Waals surface area contributed by atoms with Crippen molar-refractivity contribution in [2.24, 2.45) is 5.73 Å². The van der Waals surface area contributed by atoms with Crippen molar-refractivity contribution < 1.29 is 5.11 Å². The van der Waals surface area contributed by atoms with E-state index in [0.717, 1.165) is 15.6 Å². The average molecular weight is 343 g/mol. The van der Waals surface area contributed by atoms with E-state index in [1.807, 2.05) is 54.6 Å². The van der Waals surface area contributed by atoms with Crippen LogP contribution in [0.15, 0.2) is 59.1 Å². The summed E-state index contributed by atoms with van der Waals surface area (Å²) in [5.41, 5.74) is 8.11. The van der Waals surface area contributed by atoms with Crippen molar-refractivity contribution in [3.8, 4) is 0 Å². The van der Waals surface area contributed by atoms with Gasteiger partial charge in [0.15, 0.2) is 0 Å². The summed E-state index contributed by atoms with van der Waals surface area (Å²) in [5, 5.41) is 10.2. The van der Waals surface area contributed by atoms with Crippen LogP contribution < -0.4 is 5.73 Å². The van der Waals surface area contributed by atoms with E-state index in [0.29, 0.717) is 6.42 Å². The maximum Gasteiger partial charge on any atom is 0.0773 e. The van der Waals surface area contributed by atoms with Gasteiger partial charge in [0.05, 0.1) is 12.1 Å². The van der Waals surface area contributed by atoms with Gasteiger partial charge in [0, 0.05) is 10.9 Å². The highest BCUT2D eigenvalue weighted by atomic mass is 79.9. The number of aliphatic hydroxyl groups excluding tert-OH is 1. The molecular formula is C15H17BrClNO. The molecule has 0 fully saturated rings. The molecule has 0 spiro atoms. The molecule has 2 rings (SSSR count). The predicted octanol–water partition coefficient (Wildman–Crippen LogP) is 3.47. The summed E-state index contributed by atoms with van der Waals surface area (Å²) in [5.74, 6) is 0. The Morgan fingerprint density at radius 3 is 2.16 bits per heavy atom. The number of halogens is 2. The predicted molar refractivity (Wildman–Crippen MR) is 84.5 cm³/mol. The van der Waals surface area contributed by atoms with Crippen LogP contribution in [0.4, 0.5) is 0 Å². The minimum Gasteiger partial charge on any atom is -0.391 e. The van der Waals surface area contributed by atoms with E-state index < -0.39 is 6.10 Å². The average Bonchev–Trinajstić information content (AvgIpc) is 2.40. The molecule has 0 bridgehead atoms. The lowest BCUT2D eigenvalue weighted by molar-refractivity contribution is 0.145. The Balaban J connectivity index is 0.00000180. The Labute approximate surface area is 128 Å². The lowest BCUT2D eigenvalue weighted by Crippen LogP contribution is -2.28. The molecule has 0 aliphatic heterocycles. The molecule has 2 nitrogen and oxygen atoms in total. The van der Waals surface area contributed by atoms with Crippen LogP contribution in [0.25, 0.3) is 0 Å². The smallest absolute Gasteiger partial charge is 0.0773 e. The van der Waals surface area contributed by atoms with Crippen LogP contribution in [0.3, 0.4) is 0 Å². The zero-order valence-corrected chi connectivity index (χ0v) is 12.8. The molecule has 0 saturated carbocycles. The SMILES string of the molecule is Cl.N[C@@H](c1ccc(Br)cc1)[C@H](O)Cc1ccccc1. The Morgan fingerprint density at radius 1 is 1.00 bits per heavy atom. The van der Waals surface area contributed by atoms with Gasteiger partial charge in [-0.1, -0.05) is 58.4 Å². The number of nitrogens with two attached hydrogens (primary N) is 1. The monoisotopic (exact) mass is 341 g/mol. The van der Waals surface area contributed by atoms with E-state index >= 15 is 0 Å². The molecule has 0 aliphatic carbocycles. The van der Waals surface area contributed by atoms with Crippen LogP contribution in [0.1, 0.15) is 17.2 Å². The molecule has 0 unspecified atom stereocenters. The van der Waals surface area contributed by atoms with Crippen molar-refractivity contribution >= 4 is 28.3 Å². The Morgan fingerprint density at radius 2 is 1.58 bits per heavy atom. The molecule has 2 aromatic carbocycles. The summed E-state index contributed by atoms with van der Waals surface area (Å²) in [6.45, 7) is 0. The number of aliphatic hydroxyl groups is 1. The van der Waals surface area contributed by atoms with Gasteiger partial charge < -0.3 is 10.8 Å². The number of hydrogen-bond donors (Lipinski definition) is 2. The van der Waals surface area contributed by atoms with Crippen molar-refractivity contribution in [1.82, 2.24) is 0 Å². The van der Waals surface area contributed by atoms with Gasteiger partial charge >= 0.3 is 0 Å². The maximum atomic E-state index is 10.2. The molecule has 2 aromatic rings. The van der Waals surface area contributed by atoms with E-state index in [-0.39, 0.29) is 18.4 Å². The third-order valence-electron chi connectivity index (χ3n) is 2.96. The van der Waals surface area contributed by atoms with Gasteiger partial charge in [0.2, 0.25) is 0 Å². The third-order valence-corrected chi connectivity index (χ3v) is 3.49. The van der Waals surface area contributed by atoms with Crippen LogP contribution in [0.2, 0.25) is 0 Å². The van der Waals surface area contributed by atoms with Crippen molar-refractivity contribution in [1.29, 1.82) is 0 Å². The van der Waals surface area contributed by atoms with Crippen LogP contribution in [-0.2, 0) is 6.42 Å². The van der Waals surface area contributed by atoms with Gasteiger partial charge in [0.25, 0.3) is 0 Å². The molecule has 4 heteroatoms. The lowest BCUT2D eigenvalue weighted by atomic mass is 9.97. The van der Waals surface area contributed by atoms with Gasteiger partial charge in [-0.3, -0.25) is 0 Å². The highest BCUT2D eigenvalue weighted by Gasteiger charge is 2.16. The highest BCUT2D eigenvalue weighted by Crippen LogP contribution is 2.19.